The summed E-state index contributed by atoms with van der Waals surface area (Å²) in [6.07, 6.45) is 0. The van der Waals surface area contributed by atoms with Crippen LogP contribution in [-0.4, -0.2) is 33.1 Å². The first kappa shape index (κ1) is 19.6. The Kier molecular flexibility index (Phi) is 7.21. The zero-order valence-corrected chi connectivity index (χ0v) is 14.8. The van der Waals surface area contributed by atoms with Gasteiger partial charge in [-0.25, -0.2) is 13.2 Å². The van der Waals surface area contributed by atoms with Crippen LogP contribution in [0.1, 0.15) is 20.8 Å². The number of para-hydroxylation sites is 1. The molecule has 0 atom stereocenters. The number of carbonyl (C=O) groups is 1. The van der Waals surface area contributed by atoms with E-state index in [0.717, 1.165) is 6.92 Å². The monoisotopic (exact) mass is 366 g/mol. The van der Waals surface area contributed by atoms with Crippen molar-refractivity contribution in [3.05, 3.63) is 24.3 Å². The molecule has 130 valence electrons. The zero-order valence-electron chi connectivity index (χ0n) is 13.1. The van der Waals surface area contributed by atoms with Crippen molar-refractivity contribution in [1.82, 2.24) is 0 Å². The lowest BCUT2D eigenvalue weighted by atomic mass is 10.3. The fraction of sp³-hybridized carbons (Fsp3) is 0.462. The summed E-state index contributed by atoms with van der Waals surface area (Å²) >= 11 is 0. The molecule has 1 aromatic rings. The number of carbonyl (C=O) groups excluding carboxylic acids is 1. The normalized spacial score (nSPS) is 12.0. The second kappa shape index (κ2) is 8.44. The molecule has 0 saturated carbocycles. The topological polar surface area (TPSA) is 105 Å². The highest BCUT2D eigenvalue weighted by atomic mass is 32.2. The molecule has 1 aromatic carbocycles. The molecule has 0 saturated heterocycles. The van der Waals surface area contributed by atoms with E-state index in [1.165, 1.54) is 24.3 Å². The van der Waals surface area contributed by atoms with E-state index in [2.05, 4.69) is 4.89 Å². The van der Waals surface area contributed by atoms with E-state index in [9.17, 15) is 17.8 Å². The van der Waals surface area contributed by atoms with Crippen LogP contribution in [0.2, 0.25) is 0 Å². The van der Waals surface area contributed by atoms with E-state index in [1.54, 1.807) is 13.8 Å². The standard InChI is InChI=1S/C13H19O8PS/c1-4-18-22(15,19-5-2)10-23(16,17)13-9-7-6-8-12(13)21-20-11(3)14/h6-9H,4-5,10H2,1-3H3. The smallest absolute Gasteiger partial charge is 0.308 e. The minimum absolute atomic E-state index is 0.0401. The Morgan fingerprint density at radius 1 is 1.13 bits per heavy atom. The van der Waals surface area contributed by atoms with Crippen molar-refractivity contribution in [2.24, 2.45) is 0 Å². The molecule has 0 aliphatic carbocycles. The van der Waals surface area contributed by atoms with E-state index in [4.69, 9.17) is 13.9 Å². The Bertz CT molecular complexity index is 675. The number of hydrogen-bond acceptors (Lipinski definition) is 8. The molecule has 0 fully saturated rings. The van der Waals surface area contributed by atoms with Gasteiger partial charge >= 0.3 is 13.6 Å². The Labute approximate surface area is 135 Å². The number of sulfone groups is 1. The van der Waals surface area contributed by atoms with Crippen molar-refractivity contribution in [2.75, 3.05) is 18.7 Å². The van der Waals surface area contributed by atoms with Crippen LogP contribution in [0.3, 0.4) is 0 Å². The number of hydrogen-bond donors (Lipinski definition) is 0. The van der Waals surface area contributed by atoms with E-state index in [-0.39, 0.29) is 23.9 Å². The van der Waals surface area contributed by atoms with Gasteiger partial charge in [0.2, 0.25) is 0 Å². The highest BCUT2D eigenvalue weighted by molar-refractivity contribution is 7.97. The van der Waals surface area contributed by atoms with Crippen molar-refractivity contribution < 1.29 is 36.6 Å². The van der Waals surface area contributed by atoms with Crippen LogP contribution < -0.4 is 4.89 Å². The Balaban J connectivity index is 3.12. The maximum atomic E-state index is 12.5. The van der Waals surface area contributed by atoms with Gasteiger partial charge in [-0.15, -0.1) is 0 Å². The van der Waals surface area contributed by atoms with Crippen LogP contribution in [0.5, 0.6) is 5.75 Å². The SMILES string of the molecule is CCOP(=O)(CS(=O)(=O)c1ccccc1OOC(C)=O)OCC. The van der Waals surface area contributed by atoms with Crippen LogP contribution in [0.25, 0.3) is 0 Å². The fourth-order valence-corrected chi connectivity index (χ4v) is 6.04. The molecule has 0 spiro atoms. The molecular formula is C13H19O8PS. The summed E-state index contributed by atoms with van der Waals surface area (Å²) in [6.45, 7) is 4.35. The summed E-state index contributed by atoms with van der Waals surface area (Å²) < 4.78 is 47.4. The third-order valence-electron chi connectivity index (χ3n) is 2.41. The molecule has 0 bridgehead atoms. The predicted molar refractivity (Wildman–Crippen MR) is 81.7 cm³/mol. The molecule has 10 heteroatoms. The average molecular weight is 366 g/mol. The highest BCUT2D eigenvalue weighted by Gasteiger charge is 2.34. The van der Waals surface area contributed by atoms with Crippen molar-refractivity contribution in [3.8, 4) is 5.75 Å². The minimum Gasteiger partial charge on any atom is -0.308 e. The van der Waals surface area contributed by atoms with Gasteiger partial charge in [-0.05, 0) is 26.0 Å². The van der Waals surface area contributed by atoms with Crippen LogP contribution in [0.15, 0.2) is 29.2 Å². The van der Waals surface area contributed by atoms with Gasteiger partial charge < -0.3 is 9.05 Å². The van der Waals surface area contributed by atoms with Gasteiger partial charge in [0, 0.05) is 6.92 Å². The second-order valence-corrected chi connectivity index (χ2v) is 8.74. The summed E-state index contributed by atoms with van der Waals surface area (Å²) in [5.74, 6) is -0.936. The first-order valence-corrected chi connectivity index (χ1v) is 10.2. The van der Waals surface area contributed by atoms with Crippen molar-refractivity contribution in [1.29, 1.82) is 0 Å². The summed E-state index contributed by atoms with van der Waals surface area (Å²) in [5.41, 5.74) is -0.845. The maximum Gasteiger partial charge on any atom is 0.352 e. The average Bonchev–Trinajstić information content (AvgIpc) is 2.45. The third kappa shape index (κ3) is 5.95. The van der Waals surface area contributed by atoms with Crippen LogP contribution >= 0.6 is 7.60 Å². The summed E-state index contributed by atoms with van der Waals surface area (Å²) in [5, 5.41) is 0. The quantitative estimate of drug-likeness (QED) is 0.373. The van der Waals surface area contributed by atoms with Crippen LogP contribution in [0, 0.1) is 0 Å². The molecule has 0 radical (unpaired) electrons. The van der Waals surface area contributed by atoms with Crippen molar-refractivity contribution >= 4 is 23.4 Å². The molecule has 8 nitrogen and oxygen atoms in total. The summed E-state index contributed by atoms with van der Waals surface area (Å²) in [4.78, 5) is 19.6. The third-order valence-corrected chi connectivity index (χ3v) is 7.35. The van der Waals surface area contributed by atoms with Gasteiger partial charge in [0.1, 0.15) is 4.90 Å². The van der Waals surface area contributed by atoms with Crippen LogP contribution in [-0.2, 0) is 33.1 Å². The molecule has 0 unspecified atom stereocenters. The molecule has 0 aliphatic rings. The Hall–Kier alpha value is -1.41. The maximum absolute atomic E-state index is 12.5. The van der Waals surface area contributed by atoms with E-state index in [1.807, 2.05) is 0 Å². The summed E-state index contributed by atoms with van der Waals surface area (Å²) in [6, 6.07) is 5.51. The molecule has 0 heterocycles. The first-order valence-electron chi connectivity index (χ1n) is 6.79. The number of benzene rings is 1. The fourth-order valence-electron chi connectivity index (χ4n) is 1.66. The van der Waals surface area contributed by atoms with E-state index < -0.39 is 28.9 Å². The predicted octanol–water partition coefficient (Wildman–Crippen LogP) is 2.54. The van der Waals surface area contributed by atoms with Gasteiger partial charge in [-0.2, -0.15) is 0 Å². The second-order valence-electron chi connectivity index (χ2n) is 4.30. The van der Waals surface area contributed by atoms with Crippen LogP contribution in [0.4, 0.5) is 0 Å². The van der Waals surface area contributed by atoms with Crippen molar-refractivity contribution in [3.63, 3.8) is 0 Å². The molecule has 0 N–H and O–H groups in total. The largest absolute Gasteiger partial charge is 0.352 e. The first-order chi connectivity index (χ1) is 10.7. The van der Waals surface area contributed by atoms with Gasteiger partial charge in [0.05, 0.1) is 13.2 Å². The molecule has 0 amide bonds. The van der Waals surface area contributed by atoms with Crippen molar-refractivity contribution in [2.45, 2.75) is 25.7 Å². The molecule has 0 aliphatic heterocycles. The number of rotatable bonds is 9. The highest BCUT2D eigenvalue weighted by Crippen LogP contribution is 2.50. The Morgan fingerprint density at radius 2 is 1.70 bits per heavy atom. The lowest BCUT2D eigenvalue weighted by Gasteiger charge is -2.17. The van der Waals surface area contributed by atoms with Gasteiger partial charge in [-0.3, -0.25) is 14.3 Å². The molecular weight excluding hydrogens is 347 g/mol. The van der Waals surface area contributed by atoms with E-state index >= 15 is 0 Å². The molecule has 1 rings (SSSR count). The molecule has 0 aromatic heterocycles. The molecule has 23 heavy (non-hydrogen) atoms. The lowest BCUT2D eigenvalue weighted by molar-refractivity contribution is -0.211. The van der Waals surface area contributed by atoms with Gasteiger partial charge in [-0.1, -0.05) is 12.1 Å². The Morgan fingerprint density at radius 3 is 2.22 bits per heavy atom. The minimum atomic E-state index is -4.07. The van der Waals surface area contributed by atoms with E-state index in [0.29, 0.717) is 0 Å². The van der Waals surface area contributed by atoms with Gasteiger partial charge in [0.25, 0.3) is 0 Å². The lowest BCUT2D eigenvalue weighted by Crippen LogP contribution is -2.13. The summed E-state index contributed by atoms with van der Waals surface area (Å²) in [7, 11) is -7.89. The van der Waals surface area contributed by atoms with Gasteiger partial charge in [0.15, 0.2) is 21.1 Å². The zero-order chi connectivity index (χ0) is 17.5.